The second-order valence-corrected chi connectivity index (χ2v) is 5.11. The Balaban J connectivity index is 2.24. The summed E-state index contributed by atoms with van der Waals surface area (Å²) in [4.78, 5) is 22.9. The number of ether oxygens (including phenoxy) is 1. The van der Waals surface area contributed by atoms with Crippen LogP contribution in [0.2, 0.25) is 0 Å². The van der Waals surface area contributed by atoms with E-state index in [1.54, 1.807) is 0 Å². The molecule has 0 spiro atoms. The lowest BCUT2D eigenvalue weighted by Crippen LogP contribution is -2.45. The average molecular weight is 316 g/mol. The van der Waals surface area contributed by atoms with Gasteiger partial charge in [-0.15, -0.1) is 0 Å². The van der Waals surface area contributed by atoms with Crippen LogP contribution < -0.4 is 15.4 Å². The fourth-order valence-electron chi connectivity index (χ4n) is 2.27. The molecule has 1 aliphatic rings. The van der Waals surface area contributed by atoms with Gasteiger partial charge >= 0.3 is 5.92 Å². The molecule has 2 atom stereocenters. The monoisotopic (exact) mass is 316 g/mol. The van der Waals surface area contributed by atoms with Crippen molar-refractivity contribution < 1.29 is 27.5 Å². The summed E-state index contributed by atoms with van der Waals surface area (Å²) in [6, 6.07) is 2.33. The van der Waals surface area contributed by atoms with Gasteiger partial charge in [0.05, 0.1) is 19.2 Å². The minimum Gasteiger partial charge on any atom is -0.494 e. The molecule has 120 valence electrons. The highest BCUT2D eigenvalue weighted by molar-refractivity contribution is 5.86. The van der Waals surface area contributed by atoms with Crippen molar-refractivity contribution in [1.29, 1.82) is 0 Å². The maximum Gasteiger partial charge on any atom is 0.321 e. The van der Waals surface area contributed by atoms with Crippen LogP contribution >= 0.6 is 0 Å². The second kappa shape index (κ2) is 5.86. The van der Waals surface area contributed by atoms with Crippen molar-refractivity contribution >= 4 is 11.8 Å². The van der Waals surface area contributed by atoms with Crippen LogP contribution in [0.1, 0.15) is 24.9 Å². The van der Waals surface area contributed by atoms with Gasteiger partial charge in [0.1, 0.15) is 0 Å². The number of rotatable bonds is 4. The fourth-order valence-corrected chi connectivity index (χ4v) is 2.27. The van der Waals surface area contributed by atoms with Crippen LogP contribution in [0.25, 0.3) is 0 Å². The average Bonchev–Trinajstić information content (AvgIpc) is 2.79. The molecule has 1 heterocycles. The number of hydrogen-bond acceptors (Lipinski definition) is 3. The van der Waals surface area contributed by atoms with Crippen molar-refractivity contribution in [1.82, 2.24) is 10.6 Å². The summed E-state index contributed by atoms with van der Waals surface area (Å²) in [5.74, 6) is -6.02. The molecule has 1 aromatic rings. The van der Waals surface area contributed by atoms with E-state index in [0.29, 0.717) is 12.5 Å². The lowest BCUT2D eigenvalue weighted by molar-refractivity contribution is -0.143. The smallest absolute Gasteiger partial charge is 0.321 e. The Labute approximate surface area is 124 Å². The Morgan fingerprint density at radius 2 is 2.14 bits per heavy atom. The van der Waals surface area contributed by atoms with E-state index >= 15 is 0 Å². The zero-order chi connectivity index (χ0) is 16.5. The molecule has 2 rings (SSSR count). The van der Waals surface area contributed by atoms with E-state index in [4.69, 9.17) is 4.74 Å². The van der Waals surface area contributed by atoms with E-state index in [1.807, 2.05) is 0 Å². The Hall–Kier alpha value is -2.25. The van der Waals surface area contributed by atoms with E-state index in [9.17, 15) is 22.8 Å². The van der Waals surface area contributed by atoms with Crippen molar-refractivity contribution in [3.63, 3.8) is 0 Å². The molecule has 22 heavy (non-hydrogen) atoms. The van der Waals surface area contributed by atoms with E-state index < -0.39 is 35.6 Å². The summed E-state index contributed by atoms with van der Waals surface area (Å²) in [6.07, 6.45) is -0.133. The molecule has 1 aliphatic heterocycles. The standard InChI is InChI=1S/C14H15F3N2O3/c1-14(16,17)13(21)18-9-6-11(20)19-12(9)7-3-4-8(15)10(5-7)22-2/h3-5,9,12H,6H2,1-2H3,(H,18,21)(H,19,20). The van der Waals surface area contributed by atoms with Crippen LogP contribution in [-0.4, -0.2) is 30.9 Å². The molecule has 5 nitrogen and oxygen atoms in total. The number of hydrogen-bond donors (Lipinski definition) is 2. The quantitative estimate of drug-likeness (QED) is 0.885. The van der Waals surface area contributed by atoms with Gasteiger partial charge in [-0.1, -0.05) is 6.07 Å². The first kappa shape index (κ1) is 16.1. The molecule has 2 amide bonds. The fraction of sp³-hybridized carbons (Fsp3) is 0.429. The van der Waals surface area contributed by atoms with Gasteiger partial charge in [-0.3, -0.25) is 9.59 Å². The minimum absolute atomic E-state index is 0.0375. The summed E-state index contributed by atoms with van der Waals surface area (Å²) in [5.41, 5.74) is 0.453. The molecular formula is C14H15F3N2O3. The topological polar surface area (TPSA) is 67.4 Å². The minimum atomic E-state index is -3.54. The third-order valence-corrected chi connectivity index (χ3v) is 3.37. The molecule has 0 radical (unpaired) electrons. The van der Waals surface area contributed by atoms with Crippen molar-refractivity contribution in [3.8, 4) is 5.75 Å². The van der Waals surface area contributed by atoms with Crippen molar-refractivity contribution in [2.75, 3.05) is 7.11 Å². The van der Waals surface area contributed by atoms with Crippen LogP contribution in [0.4, 0.5) is 13.2 Å². The number of halogens is 3. The number of benzene rings is 1. The summed E-state index contributed by atoms with van der Waals surface area (Å²) in [5, 5.41) is 4.71. The Kier molecular flexibility index (Phi) is 4.30. The molecule has 2 unspecified atom stereocenters. The Morgan fingerprint density at radius 1 is 1.45 bits per heavy atom. The van der Waals surface area contributed by atoms with Crippen LogP contribution in [0.3, 0.4) is 0 Å². The normalized spacial score (nSPS) is 21.4. The van der Waals surface area contributed by atoms with Gasteiger partial charge < -0.3 is 15.4 Å². The number of methoxy groups -OCH3 is 1. The zero-order valence-corrected chi connectivity index (χ0v) is 12.0. The molecule has 0 saturated carbocycles. The number of alkyl halides is 2. The van der Waals surface area contributed by atoms with Gasteiger partial charge in [-0.25, -0.2) is 4.39 Å². The lowest BCUT2D eigenvalue weighted by Gasteiger charge is -2.22. The van der Waals surface area contributed by atoms with E-state index in [0.717, 1.165) is 6.07 Å². The summed E-state index contributed by atoms with van der Waals surface area (Å²) >= 11 is 0. The molecular weight excluding hydrogens is 301 g/mol. The van der Waals surface area contributed by atoms with Gasteiger partial charge in [-0.2, -0.15) is 8.78 Å². The van der Waals surface area contributed by atoms with Gasteiger partial charge in [-0.05, 0) is 17.7 Å². The molecule has 0 aromatic heterocycles. The third kappa shape index (κ3) is 3.32. The van der Waals surface area contributed by atoms with Gasteiger partial charge in [0.15, 0.2) is 11.6 Å². The number of carbonyl (C=O) groups excluding carboxylic acids is 2. The Bertz CT molecular complexity index is 601. The number of nitrogens with one attached hydrogen (secondary N) is 2. The van der Waals surface area contributed by atoms with Gasteiger partial charge in [0.2, 0.25) is 5.91 Å². The van der Waals surface area contributed by atoms with Crippen molar-refractivity contribution in [2.24, 2.45) is 0 Å². The maximum atomic E-state index is 13.4. The number of carbonyl (C=O) groups is 2. The first-order valence-electron chi connectivity index (χ1n) is 6.54. The van der Waals surface area contributed by atoms with Crippen LogP contribution in [-0.2, 0) is 9.59 Å². The largest absolute Gasteiger partial charge is 0.494 e. The summed E-state index contributed by atoms with van der Waals surface area (Å²) in [7, 11) is 1.28. The zero-order valence-electron chi connectivity index (χ0n) is 12.0. The summed E-state index contributed by atoms with van der Waals surface area (Å²) in [6.45, 7) is 0.475. The highest BCUT2D eigenvalue weighted by Gasteiger charge is 2.40. The third-order valence-electron chi connectivity index (χ3n) is 3.37. The summed E-state index contributed by atoms with van der Waals surface area (Å²) < 4.78 is 44.2. The maximum absolute atomic E-state index is 13.4. The predicted molar refractivity (Wildman–Crippen MR) is 71.0 cm³/mol. The highest BCUT2D eigenvalue weighted by Crippen LogP contribution is 2.29. The molecule has 0 bridgehead atoms. The van der Waals surface area contributed by atoms with E-state index in [-0.39, 0.29) is 12.2 Å². The number of amides is 2. The molecule has 1 saturated heterocycles. The van der Waals surface area contributed by atoms with Crippen LogP contribution in [0, 0.1) is 5.82 Å². The Morgan fingerprint density at radius 3 is 2.73 bits per heavy atom. The highest BCUT2D eigenvalue weighted by atomic mass is 19.3. The molecule has 1 aromatic carbocycles. The predicted octanol–water partition coefficient (Wildman–Crippen LogP) is 1.54. The van der Waals surface area contributed by atoms with Crippen molar-refractivity contribution in [3.05, 3.63) is 29.6 Å². The van der Waals surface area contributed by atoms with Crippen LogP contribution in [0.15, 0.2) is 18.2 Å². The molecule has 0 aliphatic carbocycles. The van der Waals surface area contributed by atoms with Gasteiger partial charge in [0.25, 0.3) is 5.91 Å². The molecule has 1 fully saturated rings. The van der Waals surface area contributed by atoms with Crippen LogP contribution in [0.5, 0.6) is 5.75 Å². The van der Waals surface area contributed by atoms with E-state index in [1.165, 1.54) is 19.2 Å². The first-order chi connectivity index (χ1) is 10.2. The molecule has 8 heteroatoms. The lowest BCUT2D eigenvalue weighted by atomic mass is 10.00. The molecule has 2 N–H and O–H groups in total. The second-order valence-electron chi connectivity index (χ2n) is 5.11. The SMILES string of the molecule is COc1cc(C2NC(=O)CC2NC(=O)C(C)(F)F)ccc1F. The van der Waals surface area contributed by atoms with E-state index in [2.05, 4.69) is 10.6 Å². The van der Waals surface area contributed by atoms with Gasteiger partial charge in [0, 0.05) is 13.3 Å². The van der Waals surface area contributed by atoms with Crippen molar-refractivity contribution in [2.45, 2.75) is 31.4 Å². The first-order valence-corrected chi connectivity index (χ1v) is 6.54.